The van der Waals surface area contributed by atoms with Crippen molar-refractivity contribution >= 4 is 74.5 Å². The third kappa shape index (κ3) is 2.02. The maximum atomic E-state index is 3.66. The molecular weight excluding hydrogens is 464 g/mol. The molecule has 0 fully saturated rings. The van der Waals surface area contributed by atoms with Gasteiger partial charge in [0.15, 0.2) is 0 Å². The molecule has 0 unspecified atom stereocenters. The van der Waals surface area contributed by atoms with E-state index >= 15 is 0 Å². The SMILES string of the molecule is Cc1cc(Br)c2c(Br)cc(C)c(Br)c2c1Br. The zero-order chi connectivity index (χ0) is 12.0. The van der Waals surface area contributed by atoms with Crippen molar-refractivity contribution in [3.8, 4) is 0 Å². The average Bonchev–Trinajstić information content (AvgIpc) is 2.20. The summed E-state index contributed by atoms with van der Waals surface area (Å²) in [4.78, 5) is 0. The molecule has 2 aromatic carbocycles. The zero-order valence-electron chi connectivity index (χ0n) is 8.67. The molecule has 0 atom stereocenters. The Labute approximate surface area is 128 Å². The van der Waals surface area contributed by atoms with Crippen LogP contribution < -0.4 is 0 Å². The molecule has 2 rings (SSSR count). The highest BCUT2D eigenvalue weighted by Gasteiger charge is 2.14. The van der Waals surface area contributed by atoms with E-state index in [2.05, 4.69) is 89.7 Å². The van der Waals surface area contributed by atoms with Crippen LogP contribution in [0.2, 0.25) is 0 Å². The maximum Gasteiger partial charge on any atom is 0.0295 e. The summed E-state index contributed by atoms with van der Waals surface area (Å²) in [6, 6.07) is 4.25. The minimum atomic E-state index is 1.11. The van der Waals surface area contributed by atoms with Gasteiger partial charge in [-0.25, -0.2) is 0 Å². The van der Waals surface area contributed by atoms with Gasteiger partial charge in [-0.1, -0.05) is 31.9 Å². The van der Waals surface area contributed by atoms with Gasteiger partial charge in [-0.05, 0) is 69.0 Å². The first-order valence-corrected chi connectivity index (χ1v) is 7.83. The Balaban J connectivity index is 3.11. The van der Waals surface area contributed by atoms with E-state index in [-0.39, 0.29) is 0 Å². The number of hydrogen-bond donors (Lipinski definition) is 0. The van der Waals surface area contributed by atoms with Crippen LogP contribution in [0.15, 0.2) is 30.0 Å². The molecule has 0 bridgehead atoms. The monoisotopic (exact) mass is 468 g/mol. The van der Waals surface area contributed by atoms with Gasteiger partial charge in [-0.3, -0.25) is 0 Å². The molecule has 2 aromatic rings. The molecule has 0 saturated heterocycles. The first-order valence-electron chi connectivity index (χ1n) is 4.66. The van der Waals surface area contributed by atoms with E-state index < -0.39 is 0 Å². The molecule has 4 heteroatoms. The van der Waals surface area contributed by atoms with Crippen molar-refractivity contribution in [1.29, 1.82) is 0 Å². The topological polar surface area (TPSA) is 0 Å². The third-order valence-electron chi connectivity index (χ3n) is 2.55. The molecule has 16 heavy (non-hydrogen) atoms. The molecule has 0 nitrogen and oxygen atoms in total. The van der Waals surface area contributed by atoms with Gasteiger partial charge in [-0.15, -0.1) is 0 Å². The van der Waals surface area contributed by atoms with Crippen molar-refractivity contribution in [3.63, 3.8) is 0 Å². The molecular formula is C12H8Br4. The Morgan fingerprint density at radius 2 is 1.06 bits per heavy atom. The second kappa shape index (κ2) is 4.71. The fourth-order valence-corrected chi connectivity index (χ4v) is 4.78. The van der Waals surface area contributed by atoms with Crippen molar-refractivity contribution < 1.29 is 0 Å². The minimum absolute atomic E-state index is 1.11. The summed E-state index contributed by atoms with van der Waals surface area (Å²) in [7, 11) is 0. The van der Waals surface area contributed by atoms with Gasteiger partial charge in [0.2, 0.25) is 0 Å². The van der Waals surface area contributed by atoms with Crippen molar-refractivity contribution in [3.05, 3.63) is 41.2 Å². The molecule has 0 aromatic heterocycles. The number of benzene rings is 2. The summed E-state index contributed by atoms with van der Waals surface area (Å²) in [5.74, 6) is 0. The molecule has 0 saturated carbocycles. The minimum Gasteiger partial charge on any atom is -0.0501 e. The van der Waals surface area contributed by atoms with E-state index in [9.17, 15) is 0 Å². The van der Waals surface area contributed by atoms with Gasteiger partial charge in [0, 0.05) is 28.7 Å². The van der Waals surface area contributed by atoms with Crippen LogP contribution >= 0.6 is 63.7 Å². The van der Waals surface area contributed by atoms with E-state index in [4.69, 9.17) is 0 Å². The van der Waals surface area contributed by atoms with Gasteiger partial charge in [-0.2, -0.15) is 0 Å². The van der Waals surface area contributed by atoms with Crippen molar-refractivity contribution in [2.45, 2.75) is 13.8 Å². The second-order valence-electron chi connectivity index (χ2n) is 3.73. The summed E-state index contributed by atoms with van der Waals surface area (Å²) >= 11 is 14.6. The van der Waals surface area contributed by atoms with Gasteiger partial charge in [0.25, 0.3) is 0 Å². The number of hydrogen-bond acceptors (Lipinski definition) is 0. The molecule has 0 aliphatic carbocycles. The molecule has 0 N–H and O–H groups in total. The summed E-state index contributed by atoms with van der Waals surface area (Å²) in [5, 5.41) is 2.40. The van der Waals surface area contributed by atoms with E-state index in [0.717, 1.165) is 17.9 Å². The first kappa shape index (κ1) is 13.1. The number of fused-ring (bicyclic) bond motifs is 1. The van der Waals surface area contributed by atoms with Crippen LogP contribution in [0.25, 0.3) is 10.8 Å². The molecule has 0 spiro atoms. The fourth-order valence-electron chi connectivity index (χ4n) is 1.71. The van der Waals surface area contributed by atoms with Crippen molar-refractivity contribution in [1.82, 2.24) is 0 Å². The van der Waals surface area contributed by atoms with Crippen LogP contribution in [0, 0.1) is 13.8 Å². The molecule has 0 radical (unpaired) electrons. The van der Waals surface area contributed by atoms with Crippen LogP contribution in [0.3, 0.4) is 0 Å². The zero-order valence-corrected chi connectivity index (χ0v) is 15.0. The van der Waals surface area contributed by atoms with Gasteiger partial charge < -0.3 is 0 Å². The highest BCUT2D eigenvalue weighted by Crippen LogP contribution is 2.42. The highest BCUT2D eigenvalue weighted by atomic mass is 79.9. The summed E-state index contributed by atoms with van der Waals surface area (Å²) < 4.78 is 4.50. The standard InChI is InChI=1S/C12H8Br4/c1-5-3-7(13)9-8(14)4-6(2)12(16)10(9)11(5)15/h3-4H,1-2H3. The normalized spacial score (nSPS) is 11.1. The quantitative estimate of drug-likeness (QED) is 0.411. The fraction of sp³-hybridized carbons (Fsp3) is 0.167. The first-order chi connectivity index (χ1) is 7.43. The Morgan fingerprint density at radius 1 is 0.688 bits per heavy atom. The predicted molar refractivity (Wildman–Crippen MR) is 84.2 cm³/mol. The summed E-state index contributed by atoms with van der Waals surface area (Å²) in [6.07, 6.45) is 0. The van der Waals surface area contributed by atoms with E-state index in [1.165, 1.54) is 21.9 Å². The summed E-state index contributed by atoms with van der Waals surface area (Å²) in [6.45, 7) is 4.19. The Kier molecular flexibility index (Phi) is 3.85. The van der Waals surface area contributed by atoms with E-state index in [1.807, 2.05) is 0 Å². The summed E-state index contributed by atoms with van der Waals surface area (Å²) in [5.41, 5.74) is 2.44. The van der Waals surface area contributed by atoms with E-state index in [1.54, 1.807) is 0 Å². The largest absolute Gasteiger partial charge is 0.0501 e. The highest BCUT2D eigenvalue weighted by molar-refractivity contribution is 9.12. The lowest BCUT2D eigenvalue weighted by Crippen LogP contribution is -1.88. The van der Waals surface area contributed by atoms with Crippen LogP contribution in [0.1, 0.15) is 11.1 Å². The molecule has 0 amide bonds. The Morgan fingerprint density at radius 3 is 1.44 bits per heavy atom. The molecule has 84 valence electrons. The predicted octanol–water partition coefficient (Wildman–Crippen LogP) is 6.51. The smallest absolute Gasteiger partial charge is 0.0295 e. The number of halogens is 4. The number of rotatable bonds is 0. The van der Waals surface area contributed by atoms with Crippen LogP contribution in [0.4, 0.5) is 0 Å². The molecule has 0 aliphatic heterocycles. The van der Waals surface area contributed by atoms with Gasteiger partial charge in [0.05, 0.1) is 0 Å². The lowest BCUT2D eigenvalue weighted by Gasteiger charge is -2.12. The van der Waals surface area contributed by atoms with Gasteiger partial charge >= 0.3 is 0 Å². The Bertz CT molecular complexity index is 539. The average molecular weight is 472 g/mol. The van der Waals surface area contributed by atoms with Crippen molar-refractivity contribution in [2.24, 2.45) is 0 Å². The molecule has 0 aliphatic rings. The lowest BCUT2D eigenvalue weighted by atomic mass is 10.1. The lowest BCUT2D eigenvalue weighted by molar-refractivity contribution is 1.40. The number of aryl methyl sites for hydroxylation is 2. The van der Waals surface area contributed by atoms with Crippen LogP contribution in [0.5, 0.6) is 0 Å². The van der Waals surface area contributed by atoms with Crippen LogP contribution in [-0.4, -0.2) is 0 Å². The molecule has 0 heterocycles. The third-order valence-corrected chi connectivity index (χ3v) is 5.84. The maximum absolute atomic E-state index is 3.66. The van der Waals surface area contributed by atoms with Crippen molar-refractivity contribution in [2.75, 3.05) is 0 Å². The van der Waals surface area contributed by atoms with E-state index in [0.29, 0.717) is 0 Å². The Hall–Kier alpha value is 0.620. The van der Waals surface area contributed by atoms with Crippen LogP contribution in [-0.2, 0) is 0 Å². The second-order valence-corrected chi connectivity index (χ2v) is 7.02. The van der Waals surface area contributed by atoms with Gasteiger partial charge in [0.1, 0.15) is 0 Å².